The fourth-order valence-corrected chi connectivity index (χ4v) is 1.75. The van der Waals surface area contributed by atoms with Crippen LogP contribution in [-0.2, 0) is 23.9 Å². The van der Waals surface area contributed by atoms with Crippen LogP contribution in [0.5, 0.6) is 0 Å². The lowest BCUT2D eigenvalue weighted by atomic mass is 10.0. The molecule has 0 bridgehead atoms. The van der Waals surface area contributed by atoms with Crippen LogP contribution in [-0.4, -0.2) is 42.8 Å². The van der Waals surface area contributed by atoms with Crippen LogP contribution in [0.1, 0.15) is 40.5 Å². The number of ketones is 1. The summed E-state index contributed by atoms with van der Waals surface area (Å²) >= 11 is 0. The van der Waals surface area contributed by atoms with Gasteiger partial charge in [0, 0.05) is 13.3 Å². The molecular weight excluding hydrogens is 276 g/mol. The summed E-state index contributed by atoms with van der Waals surface area (Å²) in [4.78, 5) is 46.0. The van der Waals surface area contributed by atoms with Gasteiger partial charge in [0.15, 0.2) is 0 Å². The lowest BCUT2D eigenvalue weighted by Crippen LogP contribution is -2.53. The maximum absolute atomic E-state index is 12.2. The van der Waals surface area contributed by atoms with Crippen molar-refractivity contribution in [2.45, 2.75) is 52.6 Å². The minimum atomic E-state index is -0.901. The molecule has 0 heterocycles. The average Bonchev–Trinajstić information content (AvgIpc) is 2.38. The fourth-order valence-electron chi connectivity index (χ4n) is 1.75. The number of Topliss-reactive ketones (excluding diaryl/α,β-unsaturated/α-hetero) is 1. The van der Waals surface area contributed by atoms with Crippen LogP contribution < -0.4 is 10.6 Å². The van der Waals surface area contributed by atoms with Crippen LogP contribution in [0.15, 0.2) is 0 Å². The van der Waals surface area contributed by atoms with Crippen molar-refractivity contribution in [3.05, 3.63) is 0 Å². The van der Waals surface area contributed by atoms with E-state index in [1.165, 1.54) is 21.0 Å². The molecular formula is C14H24N2O5. The van der Waals surface area contributed by atoms with E-state index in [-0.39, 0.29) is 30.4 Å². The Morgan fingerprint density at radius 2 is 1.62 bits per heavy atom. The smallest absolute Gasteiger partial charge is 0.328 e. The van der Waals surface area contributed by atoms with Gasteiger partial charge < -0.3 is 20.2 Å². The second-order valence-corrected chi connectivity index (χ2v) is 5.25. The van der Waals surface area contributed by atoms with Crippen LogP contribution in [0.4, 0.5) is 0 Å². The predicted octanol–water partition coefficient (Wildman–Crippen LogP) is 0.174. The molecule has 7 heteroatoms. The van der Waals surface area contributed by atoms with Crippen molar-refractivity contribution < 1.29 is 23.9 Å². The summed E-state index contributed by atoms with van der Waals surface area (Å²) in [5, 5.41) is 5.07. The van der Waals surface area contributed by atoms with Gasteiger partial charge in [-0.3, -0.25) is 9.59 Å². The van der Waals surface area contributed by atoms with Crippen molar-refractivity contribution in [2.24, 2.45) is 5.92 Å². The number of carbonyl (C=O) groups is 4. The molecule has 0 aromatic carbocycles. The van der Waals surface area contributed by atoms with Crippen LogP contribution >= 0.6 is 0 Å². The van der Waals surface area contributed by atoms with Crippen molar-refractivity contribution in [2.75, 3.05) is 7.11 Å². The minimum Gasteiger partial charge on any atom is -0.467 e. The van der Waals surface area contributed by atoms with E-state index >= 15 is 0 Å². The molecule has 0 unspecified atom stereocenters. The maximum Gasteiger partial charge on any atom is 0.328 e. The molecule has 21 heavy (non-hydrogen) atoms. The van der Waals surface area contributed by atoms with E-state index in [1.807, 2.05) is 0 Å². The maximum atomic E-state index is 12.2. The lowest BCUT2D eigenvalue weighted by Gasteiger charge is -2.24. The number of methoxy groups -OCH3 is 1. The van der Waals surface area contributed by atoms with Gasteiger partial charge in [-0.05, 0) is 19.3 Å². The van der Waals surface area contributed by atoms with Crippen LogP contribution in [0, 0.1) is 5.92 Å². The van der Waals surface area contributed by atoms with Crippen molar-refractivity contribution in [1.82, 2.24) is 10.6 Å². The molecule has 0 fully saturated rings. The molecule has 2 amide bonds. The topological polar surface area (TPSA) is 102 Å². The summed E-state index contributed by atoms with van der Waals surface area (Å²) in [6, 6.07) is -1.65. The number of amides is 2. The van der Waals surface area contributed by atoms with E-state index in [0.29, 0.717) is 0 Å². The average molecular weight is 300 g/mol. The van der Waals surface area contributed by atoms with Gasteiger partial charge in [-0.1, -0.05) is 13.8 Å². The first-order valence-corrected chi connectivity index (χ1v) is 6.83. The Balaban J connectivity index is 4.86. The first kappa shape index (κ1) is 19.1. The predicted molar refractivity (Wildman–Crippen MR) is 76.3 cm³/mol. The standard InChI is InChI=1S/C14H24N2O5/c1-8(2)12(15-10(4)18)13(19)16-11(14(20)21-5)7-6-9(3)17/h8,11-12H,6-7H2,1-5H3,(H,15,18)(H,16,19)/t11-,12-/m1/s1. The van der Waals surface area contributed by atoms with Gasteiger partial charge in [-0.2, -0.15) is 0 Å². The van der Waals surface area contributed by atoms with Gasteiger partial charge in [-0.25, -0.2) is 4.79 Å². The Bertz CT molecular complexity index is 406. The fraction of sp³-hybridized carbons (Fsp3) is 0.714. The van der Waals surface area contributed by atoms with E-state index in [1.54, 1.807) is 13.8 Å². The summed E-state index contributed by atoms with van der Waals surface area (Å²) in [6.45, 7) is 6.28. The highest BCUT2D eigenvalue weighted by Crippen LogP contribution is 2.06. The number of hydrogen-bond acceptors (Lipinski definition) is 5. The zero-order valence-electron chi connectivity index (χ0n) is 13.2. The quantitative estimate of drug-likeness (QED) is 0.622. The van der Waals surface area contributed by atoms with E-state index < -0.39 is 24.0 Å². The van der Waals surface area contributed by atoms with Crippen molar-refractivity contribution in [1.29, 1.82) is 0 Å². The summed E-state index contributed by atoms with van der Waals surface area (Å²) in [7, 11) is 1.21. The third-order valence-corrected chi connectivity index (χ3v) is 2.90. The lowest BCUT2D eigenvalue weighted by molar-refractivity contribution is -0.145. The van der Waals surface area contributed by atoms with E-state index in [2.05, 4.69) is 15.4 Å². The Hall–Kier alpha value is -1.92. The zero-order valence-corrected chi connectivity index (χ0v) is 13.2. The highest BCUT2D eigenvalue weighted by molar-refractivity contribution is 5.90. The van der Waals surface area contributed by atoms with Crippen LogP contribution in [0.25, 0.3) is 0 Å². The third kappa shape index (κ3) is 7.43. The molecule has 0 spiro atoms. The molecule has 0 rings (SSSR count). The van der Waals surface area contributed by atoms with Gasteiger partial charge in [0.2, 0.25) is 11.8 Å². The molecule has 0 aliphatic rings. The molecule has 0 aliphatic heterocycles. The normalized spacial score (nSPS) is 13.2. The molecule has 0 aromatic heterocycles. The third-order valence-electron chi connectivity index (χ3n) is 2.90. The van der Waals surface area contributed by atoms with Gasteiger partial charge in [-0.15, -0.1) is 0 Å². The van der Waals surface area contributed by atoms with Crippen molar-refractivity contribution in [3.8, 4) is 0 Å². The van der Waals surface area contributed by atoms with Crippen molar-refractivity contribution >= 4 is 23.6 Å². The summed E-state index contributed by atoms with van der Waals surface area (Å²) in [5.41, 5.74) is 0. The number of esters is 1. The zero-order chi connectivity index (χ0) is 16.6. The molecule has 7 nitrogen and oxygen atoms in total. The molecule has 2 N–H and O–H groups in total. The van der Waals surface area contributed by atoms with Gasteiger partial charge in [0.25, 0.3) is 0 Å². The van der Waals surface area contributed by atoms with E-state index in [9.17, 15) is 19.2 Å². The number of carbonyl (C=O) groups excluding carboxylic acids is 4. The minimum absolute atomic E-state index is 0.0829. The number of hydrogen-bond donors (Lipinski definition) is 2. The summed E-state index contributed by atoms with van der Waals surface area (Å²) < 4.78 is 4.61. The van der Waals surface area contributed by atoms with Gasteiger partial charge in [0.05, 0.1) is 7.11 Å². The van der Waals surface area contributed by atoms with Crippen molar-refractivity contribution in [3.63, 3.8) is 0 Å². The van der Waals surface area contributed by atoms with E-state index in [4.69, 9.17) is 0 Å². The van der Waals surface area contributed by atoms with Crippen LogP contribution in [0.3, 0.4) is 0 Å². The number of nitrogens with one attached hydrogen (secondary N) is 2. The monoisotopic (exact) mass is 300 g/mol. The Morgan fingerprint density at radius 1 is 1.05 bits per heavy atom. The van der Waals surface area contributed by atoms with E-state index in [0.717, 1.165) is 0 Å². The molecule has 120 valence electrons. The second kappa shape index (κ2) is 9.10. The molecule has 0 radical (unpaired) electrons. The Morgan fingerprint density at radius 3 is 2.00 bits per heavy atom. The van der Waals surface area contributed by atoms with Crippen LogP contribution in [0.2, 0.25) is 0 Å². The first-order chi connectivity index (χ1) is 9.68. The molecule has 0 saturated heterocycles. The summed E-state index contributed by atoms with van der Waals surface area (Å²) in [5.74, 6) is -1.64. The molecule has 0 saturated carbocycles. The first-order valence-electron chi connectivity index (χ1n) is 6.83. The highest BCUT2D eigenvalue weighted by atomic mass is 16.5. The Labute approximate surface area is 124 Å². The molecule has 2 atom stereocenters. The van der Waals surface area contributed by atoms with Gasteiger partial charge >= 0.3 is 5.97 Å². The SMILES string of the molecule is COC(=O)[C@@H](CCC(C)=O)NC(=O)[C@H](NC(C)=O)C(C)C. The second-order valence-electron chi connectivity index (χ2n) is 5.25. The molecule has 0 aromatic rings. The number of rotatable bonds is 8. The van der Waals surface area contributed by atoms with Gasteiger partial charge in [0.1, 0.15) is 17.9 Å². The molecule has 0 aliphatic carbocycles. The Kier molecular flexibility index (Phi) is 8.26. The summed E-state index contributed by atoms with van der Waals surface area (Å²) in [6.07, 6.45) is 0.325. The number of ether oxygens (including phenoxy) is 1. The highest BCUT2D eigenvalue weighted by Gasteiger charge is 2.28. The largest absolute Gasteiger partial charge is 0.467 e.